The first-order valence-corrected chi connectivity index (χ1v) is 13.3. The van der Waals surface area contributed by atoms with Crippen molar-refractivity contribution in [1.29, 1.82) is 0 Å². The van der Waals surface area contributed by atoms with Gasteiger partial charge in [0.1, 0.15) is 0 Å². The molecule has 10 heteroatoms. The number of carboxylic acids is 1. The highest BCUT2D eigenvalue weighted by molar-refractivity contribution is 7.98. The molecule has 6 nitrogen and oxygen atoms in total. The van der Waals surface area contributed by atoms with Crippen molar-refractivity contribution in [2.24, 2.45) is 15.3 Å². The number of halogens is 3. The van der Waals surface area contributed by atoms with Gasteiger partial charge in [0.2, 0.25) is 5.84 Å². The van der Waals surface area contributed by atoms with Crippen LogP contribution in [0.4, 0.5) is 24.5 Å². The normalized spacial score (nSPS) is 15.0. The third kappa shape index (κ3) is 7.74. The van der Waals surface area contributed by atoms with Crippen molar-refractivity contribution in [3.8, 4) is 11.1 Å². The summed E-state index contributed by atoms with van der Waals surface area (Å²) < 4.78 is 42.4. The molecule has 2 N–H and O–H groups in total. The van der Waals surface area contributed by atoms with Crippen molar-refractivity contribution in [3.63, 3.8) is 0 Å². The molecule has 1 saturated carbocycles. The van der Waals surface area contributed by atoms with E-state index >= 15 is 0 Å². The van der Waals surface area contributed by atoms with E-state index in [9.17, 15) is 23.1 Å². The van der Waals surface area contributed by atoms with Crippen molar-refractivity contribution in [3.05, 3.63) is 48.0 Å². The summed E-state index contributed by atoms with van der Waals surface area (Å²) in [6.45, 7) is 8.10. The van der Waals surface area contributed by atoms with Crippen molar-refractivity contribution < 1.29 is 23.1 Å². The molecule has 1 aliphatic rings. The molecule has 0 radical (unpaired) electrons. The minimum atomic E-state index is -4.67. The maximum Gasteiger partial charge on any atom is 0.452 e. The summed E-state index contributed by atoms with van der Waals surface area (Å²) in [5.41, 5.74) is 3.11. The average Bonchev–Trinajstić information content (AvgIpc) is 2.87. The van der Waals surface area contributed by atoms with Gasteiger partial charge in [-0.3, -0.25) is 0 Å². The number of hydrogen-bond acceptors (Lipinski definition) is 5. The van der Waals surface area contributed by atoms with Crippen LogP contribution in [0.2, 0.25) is 0 Å². The second kappa shape index (κ2) is 13.0. The summed E-state index contributed by atoms with van der Waals surface area (Å²) in [6.07, 6.45) is 1.02. The molecular weight excluding hydrogens is 501 g/mol. The van der Waals surface area contributed by atoms with E-state index in [0.717, 1.165) is 37.9 Å². The number of aromatic carboxylic acids is 1. The van der Waals surface area contributed by atoms with E-state index in [-0.39, 0.29) is 11.4 Å². The maximum absolute atomic E-state index is 13.0. The zero-order chi connectivity index (χ0) is 27.0. The molecule has 200 valence electrons. The molecule has 2 aromatic carbocycles. The molecule has 37 heavy (non-hydrogen) atoms. The Morgan fingerprint density at radius 3 is 2.51 bits per heavy atom. The topological polar surface area (TPSA) is 77.3 Å². The maximum atomic E-state index is 13.0. The summed E-state index contributed by atoms with van der Waals surface area (Å²) in [6, 6.07) is 12.9. The smallest absolute Gasteiger partial charge is 0.452 e. The number of nitrogens with zero attached hydrogens (tertiary/aromatic N) is 3. The monoisotopic (exact) mass is 534 g/mol. The third-order valence-electron chi connectivity index (χ3n) is 6.23. The first-order valence-electron chi connectivity index (χ1n) is 12.3. The first kappa shape index (κ1) is 28.6. The number of aliphatic imine (C=N–C) groups is 1. The minimum Gasteiger partial charge on any atom is -0.478 e. The predicted octanol–water partition coefficient (Wildman–Crippen LogP) is 7.53. The van der Waals surface area contributed by atoms with Crippen molar-refractivity contribution in [2.45, 2.75) is 58.2 Å². The zero-order valence-corrected chi connectivity index (χ0v) is 21.9. The number of anilines is 2. The van der Waals surface area contributed by atoms with Gasteiger partial charge in [0.05, 0.1) is 22.8 Å². The number of amidine groups is 1. The van der Waals surface area contributed by atoms with Crippen molar-refractivity contribution >= 4 is 41.8 Å². The van der Waals surface area contributed by atoms with Gasteiger partial charge < -0.3 is 15.3 Å². The Balaban J connectivity index is 2.00. The van der Waals surface area contributed by atoms with Crippen molar-refractivity contribution in [2.75, 3.05) is 22.6 Å². The lowest BCUT2D eigenvalue weighted by Crippen LogP contribution is -2.39. The summed E-state index contributed by atoms with van der Waals surface area (Å²) in [5.74, 6) is -1.85. The molecule has 0 aliphatic heterocycles. The Bertz CT molecular complexity index is 1120. The van der Waals surface area contributed by atoms with Crippen LogP contribution in [0.15, 0.2) is 51.9 Å². The van der Waals surface area contributed by atoms with Crippen LogP contribution >= 0.6 is 11.9 Å². The molecule has 1 aliphatic carbocycles. The third-order valence-corrected chi connectivity index (χ3v) is 6.81. The number of rotatable bonds is 10. The lowest BCUT2D eigenvalue weighted by molar-refractivity contribution is -0.0593. The van der Waals surface area contributed by atoms with Gasteiger partial charge in [0.15, 0.2) is 0 Å². The number of alkyl halides is 3. The van der Waals surface area contributed by atoms with Gasteiger partial charge in [-0.15, -0.1) is 0 Å². The van der Waals surface area contributed by atoms with Crippen LogP contribution in [0.3, 0.4) is 0 Å². The van der Waals surface area contributed by atoms with Crippen LogP contribution in [0.1, 0.15) is 56.3 Å². The van der Waals surface area contributed by atoms with E-state index < -0.39 is 18.0 Å². The van der Waals surface area contributed by atoms with Gasteiger partial charge in [-0.2, -0.15) is 17.6 Å². The summed E-state index contributed by atoms with van der Waals surface area (Å²) in [7, 11) is 0. The predicted molar refractivity (Wildman–Crippen MR) is 147 cm³/mol. The van der Waals surface area contributed by atoms with Gasteiger partial charge in [0.25, 0.3) is 0 Å². The molecule has 0 spiro atoms. The Morgan fingerprint density at radius 2 is 1.89 bits per heavy atom. The van der Waals surface area contributed by atoms with Crippen LogP contribution in [0.5, 0.6) is 0 Å². The molecule has 1 fully saturated rings. The van der Waals surface area contributed by atoms with Gasteiger partial charge in [0, 0.05) is 12.6 Å². The Morgan fingerprint density at radius 1 is 1.19 bits per heavy atom. The molecule has 2 aromatic rings. The Kier molecular flexibility index (Phi) is 10.0. The van der Waals surface area contributed by atoms with Gasteiger partial charge in [-0.05, 0) is 66.8 Å². The number of hydrogen-bond donors (Lipinski definition) is 2. The molecular formula is C27H33F3N4O2S. The summed E-state index contributed by atoms with van der Waals surface area (Å²) in [4.78, 5) is 17.2. The number of nitrogens with one attached hydrogen (secondary N) is 1. The molecule has 0 heterocycles. The first-order chi connectivity index (χ1) is 17.6. The SMILES string of the molecule is C=NC(=NSCNc1cc(-c2ccccc2C(=O)O)ccc1N(CC(C)C)C1CCCCC1)C(F)(F)F. The van der Waals surface area contributed by atoms with Crippen LogP contribution in [0.25, 0.3) is 11.1 Å². The molecule has 0 bridgehead atoms. The van der Waals surface area contributed by atoms with Gasteiger partial charge in [-0.25, -0.2) is 9.79 Å². The van der Waals surface area contributed by atoms with E-state index in [1.54, 1.807) is 24.3 Å². The lowest BCUT2D eigenvalue weighted by atomic mass is 9.92. The fraction of sp³-hybridized carbons (Fsp3) is 0.444. The lowest BCUT2D eigenvalue weighted by Gasteiger charge is -2.38. The van der Waals surface area contributed by atoms with E-state index in [1.165, 1.54) is 6.42 Å². The molecule has 0 aromatic heterocycles. The standard InChI is InChI=1S/C27H33F3N4O2S/c1-18(2)16-34(20-9-5-4-6-10-20)24-14-13-19(21-11-7-8-12-22(21)25(35)36)15-23(24)32-17-37-33-26(31-3)27(28,29)30/h7-8,11-15,18,20,32H,3-6,9-10,16-17H2,1-2H3,(H,35,36). The second-order valence-electron chi connectivity index (χ2n) is 9.44. The molecule has 0 amide bonds. The quantitative estimate of drug-likeness (QED) is 0.108. The fourth-order valence-electron chi connectivity index (χ4n) is 4.62. The Labute approximate surface area is 220 Å². The molecule has 3 rings (SSSR count). The van der Waals surface area contributed by atoms with Crippen LogP contribution in [-0.4, -0.2) is 48.3 Å². The van der Waals surface area contributed by atoms with Crippen LogP contribution in [0, 0.1) is 5.92 Å². The highest BCUT2D eigenvalue weighted by Gasteiger charge is 2.35. The molecule has 0 atom stereocenters. The van der Waals surface area contributed by atoms with Crippen molar-refractivity contribution in [1.82, 2.24) is 0 Å². The zero-order valence-electron chi connectivity index (χ0n) is 21.1. The second-order valence-corrected chi connectivity index (χ2v) is 10.2. The largest absolute Gasteiger partial charge is 0.478 e. The average molecular weight is 535 g/mol. The summed E-state index contributed by atoms with van der Waals surface area (Å²) in [5, 5.41) is 12.9. The highest BCUT2D eigenvalue weighted by Crippen LogP contribution is 2.37. The Hall–Kier alpha value is -3.01. The molecule has 0 unspecified atom stereocenters. The van der Waals surface area contributed by atoms with E-state index in [4.69, 9.17) is 0 Å². The minimum absolute atomic E-state index is 0.0618. The van der Waals surface area contributed by atoms with E-state index in [2.05, 4.69) is 40.2 Å². The highest BCUT2D eigenvalue weighted by atomic mass is 32.2. The van der Waals surface area contributed by atoms with E-state index in [0.29, 0.717) is 40.7 Å². The van der Waals surface area contributed by atoms with E-state index in [1.807, 2.05) is 18.2 Å². The summed E-state index contributed by atoms with van der Waals surface area (Å²) >= 11 is 0.698. The number of carbonyl (C=O) groups is 1. The van der Waals surface area contributed by atoms with Crippen LogP contribution in [-0.2, 0) is 0 Å². The number of benzene rings is 2. The molecule has 0 saturated heterocycles. The van der Waals surface area contributed by atoms with Gasteiger partial charge >= 0.3 is 12.1 Å². The van der Waals surface area contributed by atoms with Gasteiger partial charge in [-0.1, -0.05) is 57.4 Å². The number of carboxylic acid groups (broad SMARTS) is 1. The fourth-order valence-corrected chi connectivity index (χ4v) is 5.19. The van der Waals surface area contributed by atoms with Crippen LogP contribution < -0.4 is 10.2 Å².